The summed E-state index contributed by atoms with van der Waals surface area (Å²) in [6.45, 7) is -0.211. The minimum Gasteiger partial charge on any atom is -0.340 e. The first-order chi connectivity index (χ1) is 15.2. The summed E-state index contributed by atoms with van der Waals surface area (Å²) in [6, 6.07) is 15.2. The molecular formula is C23H21F3N2O3S. The quantitative estimate of drug-likeness (QED) is 0.556. The Morgan fingerprint density at radius 1 is 0.938 bits per heavy atom. The van der Waals surface area contributed by atoms with Crippen molar-refractivity contribution in [3.63, 3.8) is 0 Å². The van der Waals surface area contributed by atoms with Crippen molar-refractivity contribution < 1.29 is 26.4 Å². The van der Waals surface area contributed by atoms with Gasteiger partial charge in [0.05, 0.1) is 0 Å². The van der Waals surface area contributed by atoms with Crippen LogP contribution in [-0.4, -0.2) is 32.3 Å². The fraction of sp³-hybridized carbons (Fsp3) is 0.174. The van der Waals surface area contributed by atoms with Crippen molar-refractivity contribution in [2.75, 3.05) is 7.05 Å². The molecule has 1 atom stereocenters. The molecule has 0 spiro atoms. The summed E-state index contributed by atoms with van der Waals surface area (Å²) >= 11 is 0. The van der Waals surface area contributed by atoms with Crippen molar-refractivity contribution in [2.24, 2.45) is 0 Å². The van der Waals surface area contributed by atoms with Crippen LogP contribution in [0, 0.1) is 17.5 Å². The van der Waals surface area contributed by atoms with Crippen LogP contribution in [0.4, 0.5) is 13.2 Å². The number of rotatable bonds is 8. The van der Waals surface area contributed by atoms with Gasteiger partial charge in [-0.1, -0.05) is 48.5 Å². The highest BCUT2D eigenvalue weighted by atomic mass is 32.2. The summed E-state index contributed by atoms with van der Waals surface area (Å²) in [5.41, 5.74) is 0.737. The van der Waals surface area contributed by atoms with Gasteiger partial charge in [0.2, 0.25) is 15.9 Å². The number of carbonyl (C=O) groups excluding carboxylic acids is 1. The van der Waals surface area contributed by atoms with Crippen LogP contribution < -0.4 is 4.72 Å². The molecule has 9 heteroatoms. The van der Waals surface area contributed by atoms with Gasteiger partial charge < -0.3 is 4.90 Å². The SMILES string of the molecule is CN(Cc1ccc(F)cc1F)C(=O)C(Cc1ccccc1)NS(=O)(=O)c1ccccc1F. The van der Waals surface area contributed by atoms with Crippen molar-refractivity contribution in [1.82, 2.24) is 9.62 Å². The highest BCUT2D eigenvalue weighted by Crippen LogP contribution is 2.17. The van der Waals surface area contributed by atoms with Gasteiger partial charge in [-0.2, -0.15) is 4.72 Å². The van der Waals surface area contributed by atoms with Gasteiger partial charge in [-0.25, -0.2) is 21.6 Å². The summed E-state index contributed by atoms with van der Waals surface area (Å²) in [4.78, 5) is 13.7. The van der Waals surface area contributed by atoms with Crippen LogP contribution in [-0.2, 0) is 27.8 Å². The lowest BCUT2D eigenvalue weighted by Crippen LogP contribution is -2.48. The predicted octanol–water partition coefficient (Wildman–Crippen LogP) is 3.65. The lowest BCUT2D eigenvalue weighted by Gasteiger charge is -2.25. The molecule has 0 bridgehead atoms. The number of benzene rings is 3. The minimum absolute atomic E-state index is 0.0103. The maximum atomic E-state index is 14.1. The van der Waals surface area contributed by atoms with Crippen molar-refractivity contribution >= 4 is 15.9 Å². The van der Waals surface area contributed by atoms with Crippen molar-refractivity contribution in [2.45, 2.75) is 23.9 Å². The topological polar surface area (TPSA) is 66.5 Å². The Bertz CT molecular complexity index is 1200. The smallest absolute Gasteiger partial charge is 0.244 e. The summed E-state index contributed by atoms with van der Waals surface area (Å²) in [6.07, 6.45) is -0.0103. The molecular weight excluding hydrogens is 441 g/mol. The molecule has 3 aromatic rings. The van der Waals surface area contributed by atoms with E-state index in [9.17, 15) is 26.4 Å². The number of hydrogen-bond donors (Lipinski definition) is 1. The van der Waals surface area contributed by atoms with E-state index in [0.717, 1.165) is 23.1 Å². The number of likely N-dealkylation sites (N-methyl/N-ethyl adjacent to an activating group) is 1. The average molecular weight is 462 g/mol. The van der Waals surface area contributed by atoms with E-state index in [2.05, 4.69) is 4.72 Å². The molecule has 0 aromatic heterocycles. The molecule has 0 aliphatic carbocycles. The van der Waals surface area contributed by atoms with Crippen LogP contribution in [0.1, 0.15) is 11.1 Å². The lowest BCUT2D eigenvalue weighted by atomic mass is 10.1. The predicted molar refractivity (Wildman–Crippen MR) is 113 cm³/mol. The van der Waals surface area contributed by atoms with Crippen LogP contribution in [0.3, 0.4) is 0 Å². The normalized spacial score (nSPS) is 12.4. The number of amides is 1. The molecule has 0 fully saturated rings. The van der Waals surface area contributed by atoms with E-state index in [-0.39, 0.29) is 18.5 Å². The van der Waals surface area contributed by atoms with Crippen molar-refractivity contribution in [3.8, 4) is 0 Å². The second kappa shape index (κ2) is 9.97. The van der Waals surface area contributed by atoms with Crippen molar-refractivity contribution in [3.05, 3.63) is 101 Å². The molecule has 0 aliphatic rings. The molecule has 3 rings (SSSR count). The Morgan fingerprint density at radius 3 is 2.25 bits per heavy atom. The Balaban J connectivity index is 1.88. The molecule has 1 N–H and O–H groups in total. The van der Waals surface area contributed by atoms with E-state index in [4.69, 9.17) is 0 Å². The summed E-state index contributed by atoms with van der Waals surface area (Å²) < 4.78 is 69.2. The minimum atomic E-state index is -4.37. The first-order valence-electron chi connectivity index (χ1n) is 9.67. The molecule has 1 unspecified atom stereocenters. The molecule has 0 aliphatic heterocycles. The van der Waals surface area contributed by atoms with E-state index in [1.165, 1.54) is 25.2 Å². The van der Waals surface area contributed by atoms with Crippen LogP contribution in [0.5, 0.6) is 0 Å². The van der Waals surface area contributed by atoms with Gasteiger partial charge in [-0.3, -0.25) is 4.79 Å². The van der Waals surface area contributed by atoms with Gasteiger partial charge in [-0.15, -0.1) is 0 Å². The lowest BCUT2D eigenvalue weighted by molar-refractivity contribution is -0.132. The van der Waals surface area contributed by atoms with Crippen molar-refractivity contribution in [1.29, 1.82) is 0 Å². The number of sulfonamides is 1. The molecule has 0 saturated carbocycles. The third-order valence-electron chi connectivity index (χ3n) is 4.80. The van der Waals surface area contributed by atoms with E-state index >= 15 is 0 Å². The van der Waals surface area contributed by atoms with Gasteiger partial charge in [0.1, 0.15) is 28.4 Å². The molecule has 0 radical (unpaired) electrons. The number of nitrogens with one attached hydrogen (secondary N) is 1. The van der Waals surface area contributed by atoms with E-state index in [1.807, 2.05) is 0 Å². The second-order valence-corrected chi connectivity index (χ2v) is 8.91. The zero-order valence-electron chi connectivity index (χ0n) is 17.1. The average Bonchev–Trinajstić information content (AvgIpc) is 2.75. The number of nitrogens with zero attached hydrogens (tertiary/aromatic N) is 1. The van der Waals surface area contributed by atoms with Crippen LogP contribution in [0.25, 0.3) is 0 Å². The number of hydrogen-bond acceptors (Lipinski definition) is 3. The number of halogens is 3. The monoisotopic (exact) mass is 462 g/mol. The van der Waals surface area contributed by atoms with Gasteiger partial charge in [0.25, 0.3) is 0 Å². The van der Waals surface area contributed by atoms with Gasteiger partial charge in [0, 0.05) is 25.2 Å². The van der Waals surface area contributed by atoms with Crippen LogP contribution >= 0.6 is 0 Å². The Kier molecular flexibility index (Phi) is 7.32. The first kappa shape index (κ1) is 23.5. The number of carbonyl (C=O) groups is 1. The Morgan fingerprint density at radius 2 is 1.59 bits per heavy atom. The summed E-state index contributed by atoms with van der Waals surface area (Å²) in [7, 11) is -3.00. The molecule has 32 heavy (non-hydrogen) atoms. The molecule has 5 nitrogen and oxygen atoms in total. The summed E-state index contributed by atoms with van der Waals surface area (Å²) in [5.74, 6) is -3.18. The van der Waals surface area contributed by atoms with Gasteiger partial charge in [-0.05, 0) is 30.2 Å². The van der Waals surface area contributed by atoms with Gasteiger partial charge >= 0.3 is 0 Å². The zero-order valence-corrected chi connectivity index (χ0v) is 18.0. The van der Waals surface area contributed by atoms with E-state index in [1.54, 1.807) is 30.3 Å². The molecule has 0 heterocycles. The maximum absolute atomic E-state index is 14.1. The zero-order chi connectivity index (χ0) is 23.3. The first-order valence-corrected chi connectivity index (χ1v) is 11.2. The fourth-order valence-electron chi connectivity index (χ4n) is 3.19. The van der Waals surface area contributed by atoms with E-state index in [0.29, 0.717) is 11.6 Å². The molecule has 3 aromatic carbocycles. The van der Waals surface area contributed by atoms with Crippen LogP contribution in [0.15, 0.2) is 77.7 Å². The Labute approximate surface area is 184 Å². The Hall–Kier alpha value is -3.17. The third kappa shape index (κ3) is 5.74. The summed E-state index contributed by atoms with van der Waals surface area (Å²) in [5, 5.41) is 0. The highest BCUT2D eigenvalue weighted by Gasteiger charge is 2.30. The highest BCUT2D eigenvalue weighted by molar-refractivity contribution is 7.89. The standard InChI is InChI=1S/C23H21F3N2O3S/c1-28(15-17-11-12-18(24)14-20(17)26)23(29)21(13-16-7-3-2-4-8-16)27-32(30,31)22-10-6-5-9-19(22)25/h2-12,14,21,27H,13,15H2,1H3. The third-order valence-corrected chi connectivity index (χ3v) is 6.31. The molecule has 1 amide bonds. The van der Waals surface area contributed by atoms with Gasteiger partial charge in [0.15, 0.2) is 0 Å². The van der Waals surface area contributed by atoms with Crippen LogP contribution in [0.2, 0.25) is 0 Å². The largest absolute Gasteiger partial charge is 0.340 e. The van der Waals surface area contributed by atoms with E-state index < -0.39 is 44.3 Å². The maximum Gasteiger partial charge on any atom is 0.244 e. The fourth-order valence-corrected chi connectivity index (χ4v) is 4.46. The molecule has 168 valence electrons. The molecule has 0 saturated heterocycles. The second-order valence-electron chi connectivity index (χ2n) is 7.22.